The molecule has 126 valence electrons. The Morgan fingerprint density at radius 1 is 1.24 bits per heavy atom. The summed E-state index contributed by atoms with van der Waals surface area (Å²) >= 11 is 0. The van der Waals surface area contributed by atoms with Gasteiger partial charge >= 0.3 is 0 Å². The summed E-state index contributed by atoms with van der Waals surface area (Å²) in [4.78, 5) is 17.0. The van der Waals surface area contributed by atoms with Crippen LogP contribution in [0.3, 0.4) is 0 Å². The van der Waals surface area contributed by atoms with E-state index in [0.717, 1.165) is 18.4 Å². The number of Topliss-reactive ketones (excluding diaryl/α,β-unsaturated/α-hetero) is 1. The fourth-order valence-electron chi connectivity index (χ4n) is 4.53. The van der Waals surface area contributed by atoms with Gasteiger partial charge in [0.2, 0.25) is 0 Å². The van der Waals surface area contributed by atoms with Crippen LogP contribution in [0.5, 0.6) is 0 Å². The Bertz CT molecular complexity index is 831. The molecule has 2 heterocycles. The summed E-state index contributed by atoms with van der Waals surface area (Å²) in [6.45, 7) is 0.585. The smallest absolute Gasteiger partial charge is 0.161 e. The van der Waals surface area contributed by atoms with Crippen molar-refractivity contribution in [2.45, 2.75) is 37.0 Å². The SMILES string of the molecule is CN1C=C(C#N)N2C(c3ccc(C#N)cc3)NC3CCCC(=O)C32C1. The van der Waals surface area contributed by atoms with Crippen molar-refractivity contribution in [2.75, 3.05) is 13.6 Å². The molecule has 1 aromatic carbocycles. The van der Waals surface area contributed by atoms with E-state index < -0.39 is 5.54 Å². The minimum Gasteiger partial charge on any atom is -0.375 e. The molecule has 1 spiro atoms. The van der Waals surface area contributed by atoms with Crippen molar-refractivity contribution in [3.63, 3.8) is 0 Å². The normalized spacial score (nSPS) is 30.8. The molecule has 1 aliphatic carbocycles. The number of rotatable bonds is 1. The highest BCUT2D eigenvalue weighted by Gasteiger charge is 2.61. The number of ketones is 1. The van der Waals surface area contributed by atoms with Crippen molar-refractivity contribution >= 4 is 5.78 Å². The van der Waals surface area contributed by atoms with E-state index in [4.69, 9.17) is 5.26 Å². The van der Waals surface area contributed by atoms with E-state index >= 15 is 0 Å². The maximum absolute atomic E-state index is 13.0. The lowest BCUT2D eigenvalue weighted by atomic mass is 9.75. The predicted octanol–water partition coefficient (Wildman–Crippen LogP) is 1.63. The summed E-state index contributed by atoms with van der Waals surface area (Å²) < 4.78 is 0. The molecule has 1 saturated heterocycles. The lowest BCUT2D eigenvalue weighted by Gasteiger charge is -2.49. The number of hydrogen-bond acceptors (Lipinski definition) is 6. The van der Waals surface area contributed by atoms with Crippen molar-refractivity contribution in [3.8, 4) is 12.1 Å². The molecule has 4 rings (SSSR count). The lowest BCUT2D eigenvalue weighted by Crippen LogP contribution is -2.65. The minimum atomic E-state index is -0.689. The zero-order valence-corrected chi connectivity index (χ0v) is 14.1. The minimum absolute atomic E-state index is 0.0221. The largest absolute Gasteiger partial charge is 0.375 e. The van der Waals surface area contributed by atoms with Gasteiger partial charge in [0.05, 0.1) is 11.6 Å². The molecule has 3 unspecified atom stereocenters. The average molecular weight is 333 g/mol. The summed E-state index contributed by atoms with van der Waals surface area (Å²) in [6.07, 6.45) is 3.93. The third-order valence-electron chi connectivity index (χ3n) is 5.57. The standard InChI is InChI=1S/C19H19N5O/c1-23-11-15(10-21)24-18(14-7-5-13(9-20)6-8-14)22-16-3-2-4-17(25)19(16,24)12-23/h5-8,11,16,18,22H,2-4,12H2,1H3. The Balaban J connectivity index is 1.84. The first-order chi connectivity index (χ1) is 12.1. The number of nitrogens with one attached hydrogen (secondary N) is 1. The molecule has 3 atom stereocenters. The summed E-state index contributed by atoms with van der Waals surface area (Å²) in [6, 6.07) is 11.8. The van der Waals surface area contributed by atoms with Gasteiger partial charge in [0.1, 0.15) is 23.5 Å². The fourth-order valence-corrected chi connectivity index (χ4v) is 4.53. The van der Waals surface area contributed by atoms with E-state index in [1.165, 1.54) is 0 Å². The molecule has 1 aromatic rings. The lowest BCUT2D eigenvalue weighted by molar-refractivity contribution is -0.133. The quantitative estimate of drug-likeness (QED) is 0.841. The summed E-state index contributed by atoms with van der Waals surface area (Å²) in [5.74, 6) is 0.208. The van der Waals surface area contributed by atoms with Crippen LogP contribution in [0.1, 0.15) is 36.6 Å². The first-order valence-corrected chi connectivity index (χ1v) is 8.51. The highest BCUT2D eigenvalue weighted by atomic mass is 16.1. The molecule has 6 heteroatoms. The third kappa shape index (κ3) is 2.15. The van der Waals surface area contributed by atoms with Crippen LogP contribution in [0.2, 0.25) is 0 Å². The molecule has 2 fully saturated rings. The first kappa shape index (κ1) is 15.7. The second-order valence-corrected chi connectivity index (χ2v) is 7.01. The maximum atomic E-state index is 13.0. The van der Waals surface area contributed by atoms with Gasteiger partial charge in [0.15, 0.2) is 5.78 Å². The zero-order valence-electron chi connectivity index (χ0n) is 14.1. The number of benzene rings is 1. The van der Waals surface area contributed by atoms with E-state index in [9.17, 15) is 10.1 Å². The van der Waals surface area contributed by atoms with Crippen LogP contribution in [0, 0.1) is 22.7 Å². The summed E-state index contributed by atoms with van der Waals surface area (Å²) in [5.41, 5.74) is 1.38. The Morgan fingerprint density at radius 2 is 2.00 bits per heavy atom. The highest BCUT2D eigenvalue weighted by Crippen LogP contribution is 2.47. The Labute approximate surface area is 146 Å². The van der Waals surface area contributed by atoms with Crippen LogP contribution in [0.25, 0.3) is 0 Å². The van der Waals surface area contributed by atoms with Gasteiger partial charge in [-0.25, -0.2) is 0 Å². The summed E-state index contributed by atoms with van der Waals surface area (Å²) in [5, 5.41) is 22.3. The number of carbonyl (C=O) groups is 1. The molecule has 25 heavy (non-hydrogen) atoms. The molecular formula is C19H19N5O. The van der Waals surface area contributed by atoms with Crippen LogP contribution >= 0.6 is 0 Å². The zero-order chi connectivity index (χ0) is 17.6. The van der Waals surface area contributed by atoms with Crippen molar-refractivity contribution in [1.29, 1.82) is 10.5 Å². The average Bonchev–Trinajstić information content (AvgIpc) is 2.97. The van der Waals surface area contributed by atoms with Crippen LogP contribution in [0.4, 0.5) is 0 Å². The number of nitrogens with zero attached hydrogens (tertiary/aromatic N) is 4. The Kier molecular flexibility index (Phi) is 3.52. The third-order valence-corrected chi connectivity index (χ3v) is 5.57. The molecule has 2 aliphatic heterocycles. The molecule has 3 aliphatic rings. The van der Waals surface area contributed by atoms with Crippen LogP contribution in [-0.4, -0.2) is 40.8 Å². The van der Waals surface area contributed by atoms with Gasteiger partial charge in [-0.1, -0.05) is 12.1 Å². The molecule has 1 saturated carbocycles. The Hall–Kier alpha value is -2.83. The van der Waals surface area contributed by atoms with E-state index in [1.807, 2.05) is 35.2 Å². The van der Waals surface area contributed by atoms with E-state index in [-0.39, 0.29) is 18.0 Å². The van der Waals surface area contributed by atoms with Gasteiger partial charge in [0.25, 0.3) is 0 Å². The van der Waals surface area contributed by atoms with Gasteiger partial charge in [0, 0.05) is 32.3 Å². The number of allylic oxidation sites excluding steroid dienone is 1. The van der Waals surface area contributed by atoms with Crippen molar-refractivity contribution in [2.24, 2.45) is 0 Å². The second kappa shape index (κ2) is 5.61. The molecule has 0 amide bonds. The molecule has 0 radical (unpaired) electrons. The van der Waals surface area contributed by atoms with E-state index in [2.05, 4.69) is 17.5 Å². The maximum Gasteiger partial charge on any atom is 0.161 e. The monoisotopic (exact) mass is 333 g/mol. The van der Waals surface area contributed by atoms with E-state index in [0.29, 0.717) is 24.2 Å². The van der Waals surface area contributed by atoms with Gasteiger partial charge in [-0.15, -0.1) is 0 Å². The van der Waals surface area contributed by atoms with Crippen LogP contribution in [0.15, 0.2) is 36.2 Å². The number of carbonyl (C=O) groups excluding carboxylic acids is 1. The van der Waals surface area contributed by atoms with E-state index in [1.54, 1.807) is 12.1 Å². The number of likely N-dealkylation sites (N-methyl/N-ethyl adjacent to an activating group) is 1. The van der Waals surface area contributed by atoms with Gasteiger partial charge < -0.3 is 9.80 Å². The van der Waals surface area contributed by atoms with Crippen molar-refractivity contribution < 1.29 is 4.79 Å². The predicted molar refractivity (Wildman–Crippen MR) is 90.6 cm³/mol. The van der Waals surface area contributed by atoms with Crippen LogP contribution in [-0.2, 0) is 4.79 Å². The number of hydrogen-bond donors (Lipinski definition) is 1. The second-order valence-electron chi connectivity index (χ2n) is 7.01. The first-order valence-electron chi connectivity index (χ1n) is 8.51. The molecule has 6 nitrogen and oxygen atoms in total. The molecule has 0 bridgehead atoms. The topological polar surface area (TPSA) is 83.2 Å². The summed E-state index contributed by atoms with van der Waals surface area (Å²) in [7, 11) is 1.91. The highest BCUT2D eigenvalue weighted by molar-refractivity contribution is 5.92. The Morgan fingerprint density at radius 3 is 2.68 bits per heavy atom. The van der Waals surface area contributed by atoms with Gasteiger partial charge in [-0.05, 0) is 30.5 Å². The van der Waals surface area contributed by atoms with Crippen LogP contribution < -0.4 is 5.32 Å². The van der Waals surface area contributed by atoms with Crippen molar-refractivity contribution in [1.82, 2.24) is 15.1 Å². The fraction of sp³-hybridized carbons (Fsp3) is 0.421. The molecule has 0 aromatic heterocycles. The van der Waals surface area contributed by atoms with Crippen molar-refractivity contribution in [3.05, 3.63) is 47.3 Å². The molecular weight excluding hydrogens is 314 g/mol. The van der Waals surface area contributed by atoms with Gasteiger partial charge in [-0.2, -0.15) is 10.5 Å². The number of nitriles is 2. The van der Waals surface area contributed by atoms with Gasteiger partial charge in [-0.3, -0.25) is 10.1 Å². The molecule has 1 N–H and O–H groups in total.